The first-order valence-corrected chi connectivity index (χ1v) is 13.7. The predicted octanol–water partition coefficient (Wildman–Crippen LogP) is 4.46. The third-order valence-electron chi connectivity index (χ3n) is 8.81. The van der Waals surface area contributed by atoms with E-state index in [1.807, 2.05) is 18.2 Å². The van der Waals surface area contributed by atoms with Gasteiger partial charge in [0.2, 0.25) is 5.91 Å². The smallest absolute Gasteiger partial charge is 0.279 e. The molecule has 9 heteroatoms. The summed E-state index contributed by atoms with van der Waals surface area (Å²) in [5, 5.41) is 10.5. The van der Waals surface area contributed by atoms with Crippen LogP contribution in [0.4, 0.5) is 0 Å². The molecule has 6 rings (SSSR count). The van der Waals surface area contributed by atoms with E-state index >= 15 is 0 Å². The molecule has 2 heterocycles. The molecule has 2 bridgehead atoms. The van der Waals surface area contributed by atoms with E-state index in [1.165, 1.54) is 18.4 Å². The van der Waals surface area contributed by atoms with Crippen LogP contribution in [0.1, 0.15) is 74.1 Å². The van der Waals surface area contributed by atoms with E-state index in [0.717, 1.165) is 30.7 Å². The molecule has 2 aromatic rings. The van der Waals surface area contributed by atoms with E-state index in [2.05, 4.69) is 35.6 Å². The number of nitrogens with zero attached hydrogens (tertiary/aromatic N) is 3. The van der Waals surface area contributed by atoms with Gasteiger partial charge in [-0.25, -0.2) is 4.63 Å². The maximum Gasteiger partial charge on any atom is 0.279 e. The molecule has 1 N–H and O–H groups in total. The van der Waals surface area contributed by atoms with Crippen LogP contribution in [0, 0.1) is 24.2 Å². The normalized spacial score (nSPS) is 23.9. The predicted molar refractivity (Wildman–Crippen MR) is 141 cm³/mol. The third kappa shape index (κ3) is 5.02. The Balaban J connectivity index is 1.30. The van der Waals surface area contributed by atoms with Crippen LogP contribution in [0.5, 0.6) is 11.5 Å². The average molecular weight is 523 g/mol. The molecule has 38 heavy (non-hydrogen) atoms. The van der Waals surface area contributed by atoms with Gasteiger partial charge >= 0.3 is 0 Å². The second-order valence-electron chi connectivity index (χ2n) is 11.3. The SMILES string of the molecule is COc1cc(CN(C(=O)c2nonc2C)[C@H]2CCCCNC2=O)ccc1OCCC1=CC[C@H]2C[C@@H]1C2(C)C. The lowest BCUT2D eigenvalue weighted by Gasteiger charge is -2.56. The van der Waals surface area contributed by atoms with Crippen molar-refractivity contribution >= 4 is 11.8 Å². The molecule has 0 spiro atoms. The number of hydrogen-bond donors (Lipinski definition) is 1. The Hall–Kier alpha value is -3.36. The van der Waals surface area contributed by atoms with Crippen LogP contribution in [0.2, 0.25) is 0 Å². The molecule has 0 radical (unpaired) electrons. The Kier molecular flexibility index (Phi) is 7.45. The zero-order valence-electron chi connectivity index (χ0n) is 22.8. The summed E-state index contributed by atoms with van der Waals surface area (Å²) in [5.74, 6) is 2.22. The molecule has 1 saturated heterocycles. The molecule has 2 amide bonds. The van der Waals surface area contributed by atoms with Gasteiger partial charge in [0.1, 0.15) is 11.7 Å². The summed E-state index contributed by atoms with van der Waals surface area (Å²) in [6, 6.07) is 5.06. The van der Waals surface area contributed by atoms with Crippen molar-refractivity contribution in [3.8, 4) is 11.5 Å². The molecule has 3 aliphatic carbocycles. The number of carbonyl (C=O) groups is 2. The standard InChI is InChI=1S/C29H38N4O5/c1-18-26(32-38-31-18)28(35)33(23-7-5-6-13-30-27(23)34)17-19-8-11-24(25(15-19)36-4)37-14-12-20-9-10-21-16-22(20)29(21,2)3/h8-9,11,15,21-23H,5-7,10,12-14,16-17H2,1-4H3,(H,30,34)/t21-,22-,23-/m0/s1. The maximum atomic E-state index is 13.5. The molecule has 3 atom stereocenters. The fraction of sp³-hybridized carbons (Fsp3) is 0.586. The Morgan fingerprint density at radius 3 is 2.79 bits per heavy atom. The van der Waals surface area contributed by atoms with Crippen LogP contribution >= 0.6 is 0 Å². The number of fused-ring (bicyclic) bond motifs is 1. The van der Waals surface area contributed by atoms with Crippen molar-refractivity contribution in [3.05, 3.63) is 46.8 Å². The molecular weight excluding hydrogens is 484 g/mol. The number of aromatic nitrogens is 2. The zero-order valence-corrected chi connectivity index (χ0v) is 22.8. The fourth-order valence-corrected chi connectivity index (χ4v) is 6.27. The highest BCUT2D eigenvalue weighted by atomic mass is 16.6. The van der Waals surface area contributed by atoms with Crippen LogP contribution in [-0.2, 0) is 11.3 Å². The van der Waals surface area contributed by atoms with Crippen molar-refractivity contribution in [3.63, 3.8) is 0 Å². The summed E-state index contributed by atoms with van der Waals surface area (Å²) in [7, 11) is 1.61. The summed E-state index contributed by atoms with van der Waals surface area (Å²) in [6.45, 7) is 7.84. The number of methoxy groups -OCH3 is 1. The number of rotatable bonds is 9. The van der Waals surface area contributed by atoms with Gasteiger partial charge in [-0.05, 0) is 79.1 Å². The van der Waals surface area contributed by atoms with Gasteiger partial charge in [0.25, 0.3) is 5.91 Å². The quantitative estimate of drug-likeness (QED) is 0.485. The molecule has 1 saturated carbocycles. The topological polar surface area (TPSA) is 107 Å². The van der Waals surface area contributed by atoms with Gasteiger partial charge < -0.3 is 19.7 Å². The Labute approximate surface area is 223 Å². The van der Waals surface area contributed by atoms with Crippen LogP contribution in [0.3, 0.4) is 0 Å². The van der Waals surface area contributed by atoms with E-state index in [0.29, 0.717) is 48.1 Å². The monoisotopic (exact) mass is 522 g/mol. The maximum absolute atomic E-state index is 13.5. The second-order valence-corrected chi connectivity index (χ2v) is 11.3. The highest BCUT2D eigenvalue weighted by Crippen LogP contribution is 2.59. The first-order chi connectivity index (χ1) is 18.3. The van der Waals surface area contributed by atoms with Crippen LogP contribution < -0.4 is 14.8 Å². The number of benzene rings is 1. The van der Waals surface area contributed by atoms with Gasteiger partial charge in [-0.15, -0.1) is 0 Å². The molecule has 2 fully saturated rings. The zero-order chi connectivity index (χ0) is 26.9. The first kappa shape index (κ1) is 26.3. The molecule has 4 aliphatic rings. The highest BCUT2D eigenvalue weighted by molar-refractivity contribution is 5.96. The van der Waals surface area contributed by atoms with Gasteiger partial charge in [-0.1, -0.05) is 36.7 Å². The Morgan fingerprint density at radius 2 is 2.08 bits per heavy atom. The number of hydrogen-bond acceptors (Lipinski definition) is 7. The largest absolute Gasteiger partial charge is 0.493 e. The van der Waals surface area contributed by atoms with Gasteiger partial charge in [-0.2, -0.15) is 0 Å². The third-order valence-corrected chi connectivity index (χ3v) is 8.81. The number of allylic oxidation sites excluding steroid dienone is 1. The lowest BCUT2D eigenvalue weighted by molar-refractivity contribution is -0.125. The average Bonchev–Trinajstić information content (AvgIpc) is 3.23. The van der Waals surface area contributed by atoms with Crippen LogP contribution in [0.15, 0.2) is 34.5 Å². The van der Waals surface area contributed by atoms with Crippen molar-refractivity contribution in [1.82, 2.24) is 20.5 Å². The number of amides is 2. The summed E-state index contributed by atoms with van der Waals surface area (Å²) < 4.78 is 16.6. The van der Waals surface area contributed by atoms with E-state index in [9.17, 15) is 9.59 Å². The van der Waals surface area contributed by atoms with Gasteiger partial charge in [0.05, 0.1) is 13.7 Å². The summed E-state index contributed by atoms with van der Waals surface area (Å²) in [6.07, 6.45) is 8.10. The number of ether oxygens (including phenoxy) is 2. The lowest BCUT2D eigenvalue weighted by Crippen LogP contribution is -2.48. The molecule has 1 aromatic heterocycles. The fourth-order valence-electron chi connectivity index (χ4n) is 6.27. The molecule has 0 unspecified atom stereocenters. The van der Waals surface area contributed by atoms with E-state index < -0.39 is 6.04 Å². The second kappa shape index (κ2) is 10.8. The van der Waals surface area contributed by atoms with Crippen molar-refractivity contribution in [2.24, 2.45) is 17.3 Å². The van der Waals surface area contributed by atoms with Gasteiger partial charge in [0, 0.05) is 19.5 Å². The van der Waals surface area contributed by atoms with Crippen molar-refractivity contribution in [2.45, 2.75) is 71.9 Å². The minimum Gasteiger partial charge on any atom is -0.493 e. The Bertz CT molecular complexity index is 1220. The van der Waals surface area contributed by atoms with E-state index in [1.54, 1.807) is 18.9 Å². The minimum atomic E-state index is -0.609. The summed E-state index contributed by atoms with van der Waals surface area (Å²) in [5.41, 5.74) is 3.25. The molecule has 204 valence electrons. The van der Waals surface area contributed by atoms with Crippen LogP contribution in [0.25, 0.3) is 0 Å². The number of carbonyl (C=O) groups excluding carboxylic acids is 2. The van der Waals surface area contributed by atoms with Crippen molar-refractivity contribution < 1.29 is 23.7 Å². The van der Waals surface area contributed by atoms with Crippen molar-refractivity contribution in [1.29, 1.82) is 0 Å². The van der Waals surface area contributed by atoms with Gasteiger partial charge in [-0.3, -0.25) is 9.59 Å². The van der Waals surface area contributed by atoms with Crippen LogP contribution in [-0.4, -0.2) is 53.3 Å². The number of aryl methyl sites for hydroxylation is 1. The van der Waals surface area contributed by atoms with Gasteiger partial charge in [0.15, 0.2) is 17.2 Å². The molecule has 1 aromatic carbocycles. The highest BCUT2D eigenvalue weighted by Gasteiger charge is 2.50. The summed E-state index contributed by atoms with van der Waals surface area (Å²) >= 11 is 0. The Morgan fingerprint density at radius 1 is 1.24 bits per heavy atom. The summed E-state index contributed by atoms with van der Waals surface area (Å²) in [4.78, 5) is 27.9. The lowest BCUT2D eigenvalue weighted by atomic mass is 9.48. The molecule has 9 nitrogen and oxygen atoms in total. The number of nitrogens with one attached hydrogen (secondary N) is 1. The van der Waals surface area contributed by atoms with E-state index in [4.69, 9.17) is 14.1 Å². The molecule has 1 aliphatic heterocycles. The first-order valence-electron chi connectivity index (χ1n) is 13.7. The molecular formula is C29H38N4O5. The van der Waals surface area contributed by atoms with Crippen molar-refractivity contribution in [2.75, 3.05) is 20.3 Å². The minimum absolute atomic E-state index is 0.118. The van der Waals surface area contributed by atoms with E-state index in [-0.39, 0.29) is 24.1 Å².